The van der Waals surface area contributed by atoms with Gasteiger partial charge in [0.25, 0.3) is 0 Å². The number of aromatic hydroxyl groups is 2. The van der Waals surface area contributed by atoms with Crippen LogP contribution < -0.4 is 0 Å². The van der Waals surface area contributed by atoms with Crippen molar-refractivity contribution in [1.82, 2.24) is 0 Å². The zero-order chi connectivity index (χ0) is 18.6. The van der Waals surface area contributed by atoms with Gasteiger partial charge in [0.15, 0.2) is 0 Å². The van der Waals surface area contributed by atoms with Crippen molar-refractivity contribution in [1.29, 1.82) is 0 Å². The van der Waals surface area contributed by atoms with Crippen molar-refractivity contribution in [3.05, 3.63) is 97.1 Å². The normalized spacial score (nSPS) is 10.7. The highest BCUT2D eigenvalue weighted by molar-refractivity contribution is 7.99. The molecule has 0 aliphatic rings. The molecule has 0 unspecified atom stereocenters. The Balaban J connectivity index is 1.47. The van der Waals surface area contributed by atoms with Crippen LogP contribution in [-0.2, 0) is 0 Å². The van der Waals surface area contributed by atoms with Crippen LogP contribution in [0.1, 0.15) is 0 Å². The minimum Gasteiger partial charge on any atom is -0.508 e. The van der Waals surface area contributed by atoms with E-state index in [-0.39, 0.29) is 11.5 Å². The number of hydrogen-bond donors (Lipinski definition) is 2. The van der Waals surface area contributed by atoms with E-state index in [2.05, 4.69) is 48.5 Å². The van der Waals surface area contributed by atoms with Crippen LogP contribution in [0.4, 0.5) is 0 Å². The van der Waals surface area contributed by atoms with Gasteiger partial charge in [0.2, 0.25) is 0 Å². The van der Waals surface area contributed by atoms with Crippen molar-refractivity contribution in [2.75, 3.05) is 0 Å². The average molecular weight is 370 g/mol. The zero-order valence-corrected chi connectivity index (χ0v) is 15.4. The van der Waals surface area contributed by atoms with Gasteiger partial charge < -0.3 is 10.2 Å². The molecule has 3 heteroatoms. The van der Waals surface area contributed by atoms with E-state index in [4.69, 9.17) is 0 Å². The lowest BCUT2D eigenvalue weighted by atomic mass is 10.1. The van der Waals surface area contributed by atoms with Crippen molar-refractivity contribution in [3.63, 3.8) is 0 Å². The second-order valence-electron chi connectivity index (χ2n) is 6.24. The number of benzene rings is 4. The SMILES string of the molecule is Oc1ccc(-c2ccc(Sc3ccc(-c4ccc(O)cc4)cc3)cc2)cc1. The number of phenols is 2. The van der Waals surface area contributed by atoms with Crippen molar-refractivity contribution in [3.8, 4) is 33.8 Å². The summed E-state index contributed by atoms with van der Waals surface area (Å²) in [6.07, 6.45) is 0. The molecule has 0 atom stereocenters. The van der Waals surface area contributed by atoms with Gasteiger partial charge in [-0.3, -0.25) is 0 Å². The van der Waals surface area contributed by atoms with Crippen LogP contribution in [0.3, 0.4) is 0 Å². The quantitative estimate of drug-likeness (QED) is 0.426. The van der Waals surface area contributed by atoms with Crippen LogP contribution in [-0.4, -0.2) is 10.2 Å². The molecule has 0 aromatic heterocycles. The van der Waals surface area contributed by atoms with Crippen LogP contribution in [0.5, 0.6) is 11.5 Å². The average Bonchev–Trinajstić information content (AvgIpc) is 2.71. The molecule has 0 saturated heterocycles. The lowest BCUT2D eigenvalue weighted by Gasteiger charge is -2.07. The smallest absolute Gasteiger partial charge is 0.115 e. The molecule has 2 nitrogen and oxygen atoms in total. The molecule has 0 aliphatic carbocycles. The van der Waals surface area contributed by atoms with E-state index in [0.29, 0.717) is 0 Å². The summed E-state index contributed by atoms with van der Waals surface area (Å²) < 4.78 is 0. The molecule has 0 heterocycles. The maximum atomic E-state index is 9.40. The first-order valence-electron chi connectivity index (χ1n) is 8.64. The summed E-state index contributed by atoms with van der Waals surface area (Å²) in [5, 5.41) is 18.8. The molecule has 0 bridgehead atoms. The molecule has 2 N–H and O–H groups in total. The minimum atomic E-state index is 0.279. The summed E-state index contributed by atoms with van der Waals surface area (Å²) in [5.74, 6) is 0.559. The molecule has 0 amide bonds. The third kappa shape index (κ3) is 4.15. The molecule has 0 spiro atoms. The Morgan fingerprint density at radius 2 is 0.630 bits per heavy atom. The van der Waals surface area contributed by atoms with Gasteiger partial charge in [0.05, 0.1) is 0 Å². The Bertz CT molecular complexity index is 933. The summed E-state index contributed by atoms with van der Waals surface area (Å²) in [5.41, 5.74) is 4.43. The monoisotopic (exact) mass is 370 g/mol. The largest absolute Gasteiger partial charge is 0.508 e. The molecule has 4 aromatic carbocycles. The molecule has 0 radical (unpaired) electrons. The topological polar surface area (TPSA) is 40.5 Å². The third-order valence-electron chi connectivity index (χ3n) is 4.35. The van der Waals surface area contributed by atoms with Crippen LogP contribution >= 0.6 is 11.8 Å². The van der Waals surface area contributed by atoms with Crippen molar-refractivity contribution >= 4 is 11.8 Å². The summed E-state index contributed by atoms with van der Waals surface area (Å²) >= 11 is 1.72. The van der Waals surface area contributed by atoms with E-state index in [0.717, 1.165) is 22.3 Å². The molecule has 4 rings (SSSR count). The minimum absolute atomic E-state index is 0.279. The summed E-state index contributed by atoms with van der Waals surface area (Å²) in [6.45, 7) is 0. The Morgan fingerprint density at radius 3 is 0.926 bits per heavy atom. The standard InChI is InChI=1S/C24H18O2S/c25-21-9-1-17(2-10-21)19-5-13-23(14-6-19)27-24-15-7-20(8-16-24)18-3-11-22(26)12-4-18/h1-16,25-26H. The summed E-state index contributed by atoms with van der Waals surface area (Å²) in [7, 11) is 0. The highest BCUT2D eigenvalue weighted by atomic mass is 32.2. The predicted molar refractivity (Wildman–Crippen MR) is 111 cm³/mol. The molecule has 0 aliphatic heterocycles. The van der Waals surface area contributed by atoms with Gasteiger partial charge in [-0.05, 0) is 70.8 Å². The number of phenolic OH excluding ortho intramolecular Hbond substituents is 2. The lowest BCUT2D eigenvalue weighted by molar-refractivity contribution is 0.475. The molecule has 0 fully saturated rings. The van der Waals surface area contributed by atoms with Crippen LogP contribution in [0, 0.1) is 0 Å². The van der Waals surface area contributed by atoms with Crippen LogP contribution in [0.2, 0.25) is 0 Å². The van der Waals surface area contributed by atoms with E-state index in [1.54, 1.807) is 36.0 Å². The fourth-order valence-electron chi connectivity index (χ4n) is 2.87. The predicted octanol–water partition coefficient (Wildman–Crippen LogP) is 6.58. The molecule has 27 heavy (non-hydrogen) atoms. The number of rotatable bonds is 4. The Kier molecular flexibility index (Phi) is 4.86. The first kappa shape index (κ1) is 17.3. The van der Waals surface area contributed by atoms with E-state index in [1.165, 1.54) is 9.79 Å². The molecular weight excluding hydrogens is 352 g/mol. The fraction of sp³-hybridized carbons (Fsp3) is 0. The van der Waals surface area contributed by atoms with Gasteiger partial charge in [-0.25, -0.2) is 0 Å². The van der Waals surface area contributed by atoms with Crippen molar-refractivity contribution in [2.24, 2.45) is 0 Å². The Labute approximate surface area is 162 Å². The molecule has 0 saturated carbocycles. The highest BCUT2D eigenvalue weighted by Gasteiger charge is 2.02. The maximum Gasteiger partial charge on any atom is 0.115 e. The van der Waals surface area contributed by atoms with E-state index in [9.17, 15) is 10.2 Å². The zero-order valence-electron chi connectivity index (χ0n) is 14.5. The van der Waals surface area contributed by atoms with Gasteiger partial charge in [-0.15, -0.1) is 0 Å². The van der Waals surface area contributed by atoms with Crippen molar-refractivity contribution < 1.29 is 10.2 Å². The third-order valence-corrected chi connectivity index (χ3v) is 5.36. The van der Waals surface area contributed by atoms with E-state index in [1.807, 2.05) is 24.3 Å². The van der Waals surface area contributed by atoms with Gasteiger partial charge in [0.1, 0.15) is 11.5 Å². The molecular formula is C24H18O2S. The molecule has 132 valence electrons. The molecule has 4 aromatic rings. The first-order valence-corrected chi connectivity index (χ1v) is 9.46. The number of hydrogen-bond acceptors (Lipinski definition) is 3. The second kappa shape index (κ2) is 7.60. The van der Waals surface area contributed by atoms with E-state index >= 15 is 0 Å². The van der Waals surface area contributed by atoms with E-state index < -0.39 is 0 Å². The summed E-state index contributed by atoms with van der Waals surface area (Å²) in [6, 6.07) is 31.3. The van der Waals surface area contributed by atoms with Crippen LogP contribution in [0.15, 0.2) is 107 Å². The van der Waals surface area contributed by atoms with Crippen molar-refractivity contribution in [2.45, 2.75) is 9.79 Å². The lowest BCUT2D eigenvalue weighted by Crippen LogP contribution is -1.80. The van der Waals surface area contributed by atoms with Gasteiger partial charge in [-0.2, -0.15) is 0 Å². The second-order valence-corrected chi connectivity index (χ2v) is 7.39. The first-order chi connectivity index (χ1) is 13.2. The Morgan fingerprint density at radius 1 is 0.370 bits per heavy atom. The fourth-order valence-corrected chi connectivity index (χ4v) is 3.69. The summed E-state index contributed by atoms with van der Waals surface area (Å²) in [4.78, 5) is 2.35. The van der Waals surface area contributed by atoms with Gasteiger partial charge in [-0.1, -0.05) is 60.3 Å². The maximum absolute atomic E-state index is 9.40. The Hall–Kier alpha value is -3.17. The van der Waals surface area contributed by atoms with Gasteiger partial charge in [0, 0.05) is 9.79 Å². The highest BCUT2D eigenvalue weighted by Crippen LogP contribution is 2.32. The van der Waals surface area contributed by atoms with Crippen LogP contribution in [0.25, 0.3) is 22.3 Å². The van der Waals surface area contributed by atoms with Gasteiger partial charge >= 0.3 is 0 Å².